The van der Waals surface area contributed by atoms with E-state index < -0.39 is 6.10 Å². The van der Waals surface area contributed by atoms with Gasteiger partial charge in [0.05, 0.1) is 0 Å². The van der Waals surface area contributed by atoms with Gasteiger partial charge in [-0.05, 0) is 48.4 Å². The van der Waals surface area contributed by atoms with Crippen molar-refractivity contribution in [2.45, 2.75) is 59.6 Å². The molecular weight excluding hydrogens is 278 g/mol. The molecule has 122 valence electrons. The second-order valence-corrected chi connectivity index (χ2v) is 7.29. The Hall–Kier alpha value is -1.55. The molecule has 2 atom stereocenters. The number of rotatable bonds is 4. The van der Waals surface area contributed by atoms with Crippen molar-refractivity contribution in [1.29, 1.82) is 0 Å². The average molecular weight is 305 g/mol. The summed E-state index contributed by atoms with van der Waals surface area (Å²) in [4.78, 5) is 12.5. The SMILES string of the molecule is Cc1cc2c(cc1C)OC(C(=O)NC(CCO)C(C)(C)C)C2. The third kappa shape index (κ3) is 3.61. The molecule has 0 spiro atoms. The second-order valence-electron chi connectivity index (χ2n) is 7.29. The molecule has 1 aliphatic heterocycles. The van der Waals surface area contributed by atoms with E-state index in [-0.39, 0.29) is 24.0 Å². The predicted octanol–water partition coefficient (Wildman–Crippen LogP) is 2.52. The zero-order chi connectivity index (χ0) is 16.5. The van der Waals surface area contributed by atoms with Crippen molar-refractivity contribution in [3.05, 3.63) is 28.8 Å². The van der Waals surface area contributed by atoms with Gasteiger partial charge in [-0.15, -0.1) is 0 Å². The minimum Gasteiger partial charge on any atom is -0.480 e. The second kappa shape index (κ2) is 6.29. The molecule has 2 rings (SSSR count). The van der Waals surface area contributed by atoms with Crippen LogP contribution in [0.15, 0.2) is 12.1 Å². The van der Waals surface area contributed by atoms with Crippen LogP contribution < -0.4 is 10.1 Å². The van der Waals surface area contributed by atoms with Gasteiger partial charge in [0, 0.05) is 19.1 Å². The van der Waals surface area contributed by atoms with Gasteiger partial charge >= 0.3 is 0 Å². The molecule has 4 heteroatoms. The molecule has 1 aromatic rings. The lowest BCUT2D eigenvalue weighted by molar-refractivity contribution is -0.128. The van der Waals surface area contributed by atoms with Gasteiger partial charge in [-0.2, -0.15) is 0 Å². The van der Waals surface area contributed by atoms with Crippen LogP contribution in [0, 0.1) is 19.3 Å². The Labute approximate surface area is 132 Å². The Kier molecular flexibility index (Phi) is 4.81. The average Bonchev–Trinajstić information content (AvgIpc) is 2.80. The van der Waals surface area contributed by atoms with Crippen molar-refractivity contribution in [3.8, 4) is 5.75 Å². The van der Waals surface area contributed by atoms with E-state index in [1.54, 1.807) is 0 Å². The van der Waals surface area contributed by atoms with Crippen LogP contribution in [-0.2, 0) is 11.2 Å². The fraction of sp³-hybridized carbons (Fsp3) is 0.611. The number of carbonyl (C=O) groups excluding carboxylic acids is 1. The topological polar surface area (TPSA) is 58.6 Å². The molecule has 0 fully saturated rings. The quantitative estimate of drug-likeness (QED) is 0.898. The first-order chi connectivity index (χ1) is 10.2. The lowest BCUT2D eigenvalue weighted by atomic mass is 9.84. The Bertz CT molecular complexity index is 529. The third-order valence-corrected chi connectivity index (χ3v) is 4.42. The third-order valence-electron chi connectivity index (χ3n) is 4.42. The molecule has 1 heterocycles. The first kappa shape index (κ1) is 16.8. The molecule has 1 aliphatic rings. The lowest BCUT2D eigenvalue weighted by Gasteiger charge is -2.31. The zero-order valence-electron chi connectivity index (χ0n) is 14.2. The van der Waals surface area contributed by atoms with E-state index in [1.807, 2.05) is 13.0 Å². The minimum absolute atomic E-state index is 0.0619. The molecule has 0 saturated carbocycles. The van der Waals surface area contributed by atoms with Gasteiger partial charge < -0.3 is 15.2 Å². The molecule has 1 aromatic carbocycles. The number of benzene rings is 1. The monoisotopic (exact) mass is 305 g/mol. The van der Waals surface area contributed by atoms with Crippen LogP contribution in [0.3, 0.4) is 0 Å². The maximum atomic E-state index is 12.5. The molecule has 0 aliphatic carbocycles. The number of amides is 1. The Morgan fingerprint density at radius 3 is 2.59 bits per heavy atom. The normalized spacial score (nSPS) is 18.5. The summed E-state index contributed by atoms with van der Waals surface area (Å²) in [5.41, 5.74) is 3.39. The number of nitrogens with one attached hydrogen (secondary N) is 1. The number of carbonyl (C=O) groups is 1. The largest absolute Gasteiger partial charge is 0.480 e. The smallest absolute Gasteiger partial charge is 0.261 e. The van der Waals surface area contributed by atoms with Gasteiger partial charge in [0.2, 0.25) is 0 Å². The molecule has 4 nitrogen and oxygen atoms in total. The molecule has 0 saturated heterocycles. The van der Waals surface area contributed by atoms with Crippen LogP contribution in [0.4, 0.5) is 0 Å². The van der Waals surface area contributed by atoms with Gasteiger partial charge in [0.25, 0.3) is 5.91 Å². The highest BCUT2D eigenvalue weighted by Crippen LogP contribution is 2.32. The van der Waals surface area contributed by atoms with Crippen LogP contribution in [0.25, 0.3) is 0 Å². The summed E-state index contributed by atoms with van der Waals surface area (Å²) < 4.78 is 5.82. The van der Waals surface area contributed by atoms with Crippen LogP contribution in [-0.4, -0.2) is 29.8 Å². The van der Waals surface area contributed by atoms with E-state index in [9.17, 15) is 9.90 Å². The van der Waals surface area contributed by atoms with Crippen LogP contribution >= 0.6 is 0 Å². The van der Waals surface area contributed by atoms with Crippen molar-refractivity contribution in [2.24, 2.45) is 5.41 Å². The predicted molar refractivity (Wildman–Crippen MR) is 87.1 cm³/mol. The Morgan fingerprint density at radius 1 is 1.36 bits per heavy atom. The fourth-order valence-electron chi connectivity index (χ4n) is 2.78. The van der Waals surface area contributed by atoms with Gasteiger partial charge in [-0.3, -0.25) is 4.79 Å². The van der Waals surface area contributed by atoms with E-state index in [1.165, 1.54) is 11.1 Å². The van der Waals surface area contributed by atoms with Crippen molar-refractivity contribution in [2.75, 3.05) is 6.61 Å². The van der Waals surface area contributed by atoms with Crippen molar-refractivity contribution >= 4 is 5.91 Å². The number of hydrogen-bond donors (Lipinski definition) is 2. The molecular formula is C18H27NO3. The molecule has 0 aromatic heterocycles. The van der Waals surface area contributed by atoms with Gasteiger partial charge in [0.15, 0.2) is 6.10 Å². The number of aryl methyl sites for hydroxylation is 2. The van der Waals surface area contributed by atoms with E-state index in [4.69, 9.17) is 4.74 Å². The summed E-state index contributed by atoms with van der Waals surface area (Å²) in [5.74, 6) is 0.720. The number of fused-ring (bicyclic) bond motifs is 1. The fourth-order valence-corrected chi connectivity index (χ4v) is 2.78. The standard InChI is InChI=1S/C18H27NO3/c1-11-8-13-10-15(22-14(13)9-12(11)2)17(21)19-16(6-7-20)18(3,4)5/h8-9,15-16,20H,6-7,10H2,1-5H3,(H,19,21). The van der Waals surface area contributed by atoms with Gasteiger partial charge in [-0.25, -0.2) is 0 Å². The minimum atomic E-state index is -0.472. The molecule has 22 heavy (non-hydrogen) atoms. The molecule has 0 radical (unpaired) electrons. The lowest BCUT2D eigenvalue weighted by Crippen LogP contribution is -2.49. The maximum Gasteiger partial charge on any atom is 0.261 e. The number of ether oxygens (including phenoxy) is 1. The summed E-state index contributed by atoms with van der Waals surface area (Å²) in [6.45, 7) is 10.4. The highest BCUT2D eigenvalue weighted by molar-refractivity contribution is 5.83. The van der Waals surface area contributed by atoms with Crippen LogP contribution in [0.1, 0.15) is 43.9 Å². The summed E-state index contributed by atoms with van der Waals surface area (Å²) in [6.07, 6.45) is 0.686. The highest BCUT2D eigenvalue weighted by Gasteiger charge is 2.33. The van der Waals surface area contributed by atoms with Gasteiger partial charge in [0.1, 0.15) is 5.75 Å². The highest BCUT2D eigenvalue weighted by atomic mass is 16.5. The molecule has 2 N–H and O–H groups in total. The molecule has 2 unspecified atom stereocenters. The van der Waals surface area contributed by atoms with E-state index in [2.05, 4.69) is 39.1 Å². The number of aliphatic hydroxyl groups excluding tert-OH is 1. The molecule has 0 bridgehead atoms. The van der Waals surface area contributed by atoms with E-state index in [0.29, 0.717) is 12.8 Å². The summed E-state index contributed by atoms with van der Waals surface area (Å²) in [5, 5.41) is 12.2. The van der Waals surface area contributed by atoms with Crippen LogP contribution in [0.5, 0.6) is 5.75 Å². The van der Waals surface area contributed by atoms with Crippen LogP contribution in [0.2, 0.25) is 0 Å². The summed E-state index contributed by atoms with van der Waals surface area (Å²) in [7, 11) is 0. The molecule has 1 amide bonds. The Morgan fingerprint density at radius 2 is 2.00 bits per heavy atom. The zero-order valence-corrected chi connectivity index (χ0v) is 14.2. The van der Waals surface area contributed by atoms with E-state index >= 15 is 0 Å². The van der Waals surface area contributed by atoms with Crippen molar-refractivity contribution in [3.63, 3.8) is 0 Å². The van der Waals surface area contributed by atoms with Crippen molar-refractivity contribution in [1.82, 2.24) is 5.32 Å². The maximum absolute atomic E-state index is 12.5. The van der Waals surface area contributed by atoms with Gasteiger partial charge in [-0.1, -0.05) is 26.8 Å². The first-order valence-corrected chi connectivity index (χ1v) is 7.90. The number of hydrogen-bond acceptors (Lipinski definition) is 3. The van der Waals surface area contributed by atoms with E-state index in [0.717, 1.165) is 11.3 Å². The summed E-state index contributed by atoms with van der Waals surface area (Å²) in [6, 6.07) is 4.04. The number of aliphatic hydroxyl groups is 1. The Balaban J connectivity index is 2.06. The first-order valence-electron chi connectivity index (χ1n) is 7.90. The van der Waals surface area contributed by atoms with Crippen molar-refractivity contribution < 1.29 is 14.6 Å². The summed E-state index contributed by atoms with van der Waals surface area (Å²) >= 11 is 0.